The fourth-order valence-corrected chi connectivity index (χ4v) is 6.83. The van der Waals surface area contributed by atoms with Crippen molar-refractivity contribution in [3.63, 3.8) is 0 Å². The van der Waals surface area contributed by atoms with Crippen LogP contribution in [0, 0.1) is 12.8 Å². The topological polar surface area (TPSA) is 124 Å². The molecule has 0 spiro atoms. The fourth-order valence-electron chi connectivity index (χ4n) is 6.02. The molecule has 4 heterocycles. The Labute approximate surface area is 251 Å². The summed E-state index contributed by atoms with van der Waals surface area (Å²) in [5.74, 6) is -0.0393. The summed E-state index contributed by atoms with van der Waals surface area (Å²) in [7, 11) is 0. The van der Waals surface area contributed by atoms with Gasteiger partial charge in [0, 0.05) is 44.2 Å². The molecule has 6 atom stereocenters. The summed E-state index contributed by atoms with van der Waals surface area (Å²) < 4.78 is 5.77. The molecule has 2 aliphatic heterocycles. The number of aromatic nitrogens is 2. The first-order valence-corrected chi connectivity index (χ1v) is 15.7. The average Bonchev–Trinajstić information content (AvgIpc) is 3.70. The molecule has 0 radical (unpaired) electrons. The standard InChI is InChI=1S/C31H42N6O4S/c1-17(2)28(26-12-27(35-41-26)36-14-18(3)32-13-19(36)4)31(40)37-15-24(38)11-25(37)30(39)34-20(5)22-7-9-23(10-8-22)29-21(6)33-16-42-29/h7-10,12,16-20,24-25,28,32,38H,11,13-15H2,1-6H3,(H,34,39)/t18-,19+,20-,24+,25-,28-/m0/s1. The van der Waals surface area contributed by atoms with E-state index >= 15 is 0 Å². The van der Waals surface area contributed by atoms with Gasteiger partial charge < -0.3 is 30.1 Å². The minimum absolute atomic E-state index is 0.0984. The van der Waals surface area contributed by atoms with Crippen LogP contribution in [0.4, 0.5) is 5.82 Å². The first-order chi connectivity index (χ1) is 20.0. The van der Waals surface area contributed by atoms with E-state index in [1.807, 2.05) is 63.5 Å². The number of piperazine rings is 1. The van der Waals surface area contributed by atoms with Gasteiger partial charge in [0.15, 0.2) is 11.6 Å². The third kappa shape index (κ3) is 6.23. The zero-order valence-electron chi connectivity index (χ0n) is 25.2. The number of amides is 2. The van der Waals surface area contributed by atoms with Gasteiger partial charge in [-0.05, 0) is 44.7 Å². The third-order valence-corrected chi connectivity index (χ3v) is 9.43. The summed E-state index contributed by atoms with van der Waals surface area (Å²) in [6.07, 6.45) is -0.584. The van der Waals surface area contributed by atoms with Gasteiger partial charge in [0.25, 0.3) is 0 Å². The maximum Gasteiger partial charge on any atom is 0.243 e. The number of β-amino-alcohol motifs (C(OH)–C–C–N with tert-alkyl or cyclic N) is 1. The Bertz CT molecular complexity index is 1390. The number of hydrogen-bond acceptors (Lipinski definition) is 9. The van der Waals surface area contributed by atoms with Crippen LogP contribution in [-0.4, -0.2) is 75.8 Å². The lowest BCUT2D eigenvalue weighted by atomic mass is 9.91. The van der Waals surface area contributed by atoms with Crippen LogP contribution in [0.1, 0.15) is 70.0 Å². The minimum Gasteiger partial charge on any atom is -0.391 e. The van der Waals surface area contributed by atoms with Crippen LogP contribution in [0.5, 0.6) is 0 Å². The van der Waals surface area contributed by atoms with Crippen molar-refractivity contribution >= 4 is 29.0 Å². The molecule has 2 aliphatic rings. The quantitative estimate of drug-likeness (QED) is 0.359. The molecule has 11 heteroatoms. The van der Waals surface area contributed by atoms with Crippen molar-refractivity contribution in [1.82, 2.24) is 25.7 Å². The van der Waals surface area contributed by atoms with E-state index in [1.54, 1.807) is 11.3 Å². The number of hydrogen-bond donors (Lipinski definition) is 3. The van der Waals surface area contributed by atoms with Gasteiger partial charge in [0.05, 0.1) is 28.2 Å². The summed E-state index contributed by atoms with van der Waals surface area (Å²) in [6.45, 7) is 13.8. The van der Waals surface area contributed by atoms with Crippen molar-refractivity contribution in [3.05, 3.63) is 52.9 Å². The smallest absolute Gasteiger partial charge is 0.243 e. The Balaban J connectivity index is 1.29. The number of aryl methyl sites for hydroxylation is 1. The summed E-state index contributed by atoms with van der Waals surface area (Å²) >= 11 is 1.60. The molecule has 5 rings (SSSR count). The van der Waals surface area contributed by atoms with Gasteiger partial charge in [0.2, 0.25) is 11.8 Å². The Hall–Kier alpha value is -3.28. The van der Waals surface area contributed by atoms with Crippen molar-refractivity contribution < 1.29 is 19.2 Å². The number of anilines is 1. The highest BCUT2D eigenvalue weighted by Crippen LogP contribution is 2.34. The number of nitrogens with one attached hydrogen (secondary N) is 2. The molecule has 3 N–H and O–H groups in total. The summed E-state index contributed by atoms with van der Waals surface area (Å²) in [5.41, 5.74) is 4.87. The van der Waals surface area contributed by atoms with E-state index in [-0.39, 0.29) is 42.8 Å². The fraction of sp³-hybridized carbons (Fsp3) is 0.548. The van der Waals surface area contributed by atoms with Crippen LogP contribution >= 0.6 is 11.3 Å². The van der Waals surface area contributed by atoms with Crippen LogP contribution in [0.15, 0.2) is 40.4 Å². The van der Waals surface area contributed by atoms with Gasteiger partial charge >= 0.3 is 0 Å². The molecule has 0 unspecified atom stereocenters. The molecule has 2 amide bonds. The second-order valence-corrected chi connectivity index (χ2v) is 13.0. The molecule has 10 nitrogen and oxygen atoms in total. The van der Waals surface area contributed by atoms with E-state index < -0.39 is 18.1 Å². The summed E-state index contributed by atoms with van der Waals surface area (Å²) in [4.78, 5) is 36.7. The number of aliphatic hydroxyl groups excluding tert-OH is 1. The van der Waals surface area contributed by atoms with Crippen molar-refractivity contribution in [2.75, 3.05) is 24.5 Å². The van der Waals surface area contributed by atoms with E-state index in [4.69, 9.17) is 4.52 Å². The normalized spacial score (nSPS) is 24.2. The van der Waals surface area contributed by atoms with E-state index in [0.717, 1.165) is 34.8 Å². The Morgan fingerprint density at radius 2 is 1.90 bits per heavy atom. The van der Waals surface area contributed by atoms with Crippen LogP contribution in [-0.2, 0) is 9.59 Å². The predicted octanol–water partition coefficient (Wildman–Crippen LogP) is 3.87. The zero-order valence-corrected chi connectivity index (χ0v) is 26.0. The molecule has 42 heavy (non-hydrogen) atoms. The van der Waals surface area contributed by atoms with Crippen LogP contribution in [0.25, 0.3) is 10.4 Å². The first-order valence-electron chi connectivity index (χ1n) is 14.8. The second kappa shape index (κ2) is 12.5. The van der Waals surface area contributed by atoms with E-state index in [9.17, 15) is 14.7 Å². The first kappa shape index (κ1) is 30.2. The summed E-state index contributed by atoms with van der Waals surface area (Å²) in [6, 6.07) is 9.45. The number of benzene rings is 1. The molecular formula is C31H42N6O4S. The number of rotatable bonds is 8. The molecule has 3 aromatic rings. The van der Waals surface area contributed by atoms with E-state index in [2.05, 4.69) is 39.5 Å². The molecule has 0 bridgehead atoms. The SMILES string of the molecule is Cc1ncsc1-c1ccc([C@H](C)NC(=O)[C@@H]2C[C@@H](O)CN2C(=O)[C@H](c2cc(N3C[C@H](C)NC[C@H]3C)no2)C(C)C)cc1. The average molecular weight is 595 g/mol. The van der Waals surface area contributed by atoms with Crippen LogP contribution in [0.2, 0.25) is 0 Å². The third-order valence-electron chi connectivity index (χ3n) is 8.46. The Kier molecular flexibility index (Phi) is 9.00. The van der Waals surface area contributed by atoms with Gasteiger partial charge in [-0.25, -0.2) is 4.98 Å². The second-order valence-electron chi connectivity index (χ2n) is 12.1. The highest BCUT2D eigenvalue weighted by molar-refractivity contribution is 7.13. The van der Waals surface area contributed by atoms with Crippen LogP contribution < -0.4 is 15.5 Å². The predicted molar refractivity (Wildman–Crippen MR) is 163 cm³/mol. The van der Waals surface area contributed by atoms with Crippen molar-refractivity contribution in [2.24, 2.45) is 5.92 Å². The number of nitrogens with zero attached hydrogens (tertiary/aromatic N) is 4. The minimum atomic E-state index is -0.775. The molecule has 226 valence electrons. The van der Waals surface area contributed by atoms with E-state index in [1.165, 1.54) is 4.90 Å². The maximum atomic E-state index is 14.0. The lowest BCUT2D eigenvalue weighted by molar-refractivity contribution is -0.141. The van der Waals surface area contributed by atoms with Gasteiger partial charge in [-0.3, -0.25) is 9.59 Å². The molecule has 2 saturated heterocycles. The molecule has 1 aromatic carbocycles. The van der Waals surface area contributed by atoms with E-state index in [0.29, 0.717) is 17.6 Å². The molecule has 2 fully saturated rings. The van der Waals surface area contributed by atoms with Crippen LogP contribution in [0.3, 0.4) is 0 Å². The van der Waals surface area contributed by atoms with Gasteiger partial charge in [-0.1, -0.05) is 43.3 Å². The lowest BCUT2D eigenvalue weighted by Gasteiger charge is -2.37. The van der Waals surface area contributed by atoms with Gasteiger partial charge in [-0.2, -0.15) is 0 Å². The van der Waals surface area contributed by atoms with Crippen molar-refractivity contribution in [2.45, 2.75) is 84.2 Å². The molecular weight excluding hydrogens is 552 g/mol. The zero-order chi connectivity index (χ0) is 30.1. The highest BCUT2D eigenvalue weighted by Gasteiger charge is 2.43. The maximum absolute atomic E-state index is 14.0. The largest absolute Gasteiger partial charge is 0.391 e. The molecule has 0 saturated carbocycles. The number of carbonyl (C=O) groups excluding carboxylic acids is 2. The summed E-state index contributed by atoms with van der Waals surface area (Å²) in [5, 5.41) is 21.4. The number of thiazole rings is 1. The number of aliphatic hydroxyl groups is 1. The number of carbonyl (C=O) groups is 2. The van der Waals surface area contributed by atoms with Crippen molar-refractivity contribution in [1.29, 1.82) is 0 Å². The molecule has 0 aliphatic carbocycles. The molecule has 2 aromatic heterocycles. The van der Waals surface area contributed by atoms with Gasteiger partial charge in [-0.15, -0.1) is 11.3 Å². The number of likely N-dealkylation sites (tertiary alicyclic amines) is 1. The highest BCUT2D eigenvalue weighted by atomic mass is 32.1. The van der Waals surface area contributed by atoms with Crippen molar-refractivity contribution in [3.8, 4) is 10.4 Å². The Morgan fingerprint density at radius 3 is 2.57 bits per heavy atom. The van der Waals surface area contributed by atoms with Gasteiger partial charge in [0.1, 0.15) is 12.0 Å². The lowest BCUT2D eigenvalue weighted by Crippen LogP contribution is -2.54. The monoisotopic (exact) mass is 594 g/mol. The Morgan fingerprint density at radius 1 is 1.17 bits per heavy atom.